The standard InChI is InChI=1S/C22H23ClN2O2S/c23-20-11-12-21(19-10-3-2-9-18(19)20)27-14-5-1-4-13-26-17-8-6-7-16(15-17)25-22(24)28/h2-3,6-12,15H,1,4-5,13-14H2,(H3,24,25,28). The Morgan fingerprint density at radius 3 is 2.43 bits per heavy atom. The lowest BCUT2D eigenvalue weighted by molar-refractivity contribution is 0.281. The number of nitrogens with two attached hydrogens (primary N) is 1. The van der Waals surface area contributed by atoms with E-state index in [9.17, 15) is 0 Å². The zero-order valence-electron chi connectivity index (χ0n) is 15.5. The van der Waals surface area contributed by atoms with Crippen molar-refractivity contribution >= 4 is 45.4 Å². The summed E-state index contributed by atoms with van der Waals surface area (Å²) in [5.74, 6) is 1.67. The number of unbranched alkanes of at least 4 members (excludes halogenated alkanes) is 2. The van der Waals surface area contributed by atoms with Crippen LogP contribution in [-0.2, 0) is 0 Å². The number of fused-ring (bicyclic) bond motifs is 1. The predicted molar refractivity (Wildman–Crippen MR) is 121 cm³/mol. The topological polar surface area (TPSA) is 56.5 Å². The summed E-state index contributed by atoms with van der Waals surface area (Å²) >= 11 is 11.1. The number of halogens is 1. The molecule has 3 aromatic carbocycles. The van der Waals surface area contributed by atoms with Crippen LogP contribution in [0.15, 0.2) is 60.7 Å². The quantitative estimate of drug-likeness (QED) is 0.343. The van der Waals surface area contributed by atoms with Gasteiger partial charge in [0.2, 0.25) is 0 Å². The molecule has 0 bridgehead atoms. The Bertz CT molecular complexity index is 949. The third-order valence-corrected chi connectivity index (χ3v) is 4.68. The van der Waals surface area contributed by atoms with Crippen molar-refractivity contribution < 1.29 is 9.47 Å². The van der Waals surface area contributed by atoms with Crippen molar-refractivity contribution in [2.75, 3.05) is 18.5 Å². The van der Waals surface area contributed by atoms with Crippen LogP contribution in [0.3, 0.4) is 0 Å². The third kappa shape index (κ3) is 5.75. The molecule has 6 heteroatoms. The molecule has 0 fully saturated rings. The van der Waals surface area contributed by atoms with Crippen molar-refractivity contribution in [3.63, 3.8) is 0 Å². The zero-order chi connectivity index (χ0) is 19.8. The van der Waals surface area contributed by atoms with Crippen LogP contribution in [0.25, 0.3) is 10.8 Å². The van der Waals surface area contributed by atoms with Crippen LogP contribution >= 0.6 is 23.8 Å². The summed E-state index contributed by atoms with van der Waals surface area (Å²) in [6, 6.07) is 19.4. The second-order valence-corrected chi connectivity index (χ2v) is 7.21. The largest absolute Gasteiger partial charge is 0.494 e. The third-order valence-electron chi connectivity index (χ3n) is 4.25. The normalized spacial score (nSPS) is 10.6. The van der Waals surface area contributed by atoms with E-state index >= 15 is 0 Å². The second-order valence-electron chi connectivity index (χ2n) is 6.37. The fourth-order valence-corrected chi connectivity index (χ4v) is 3.27. The monoisotopic (exact) mass is 414 g/mol. The summed E-state index contributed by atoms with van der Waals surface area (Å²) in [5, 5.41) is 5.95. The van der Waals surface area contributed by atoms with Crippen LogP contribution in [-0.4, -0.2) is 18.3 Å². The highest BCUT2D eigenvalue weighted by Crippen LogP contribution is 2.31. The van der Waals surface area contributed by atoms with Crippen LogP contribution in [0.2, 0.25) is 5.02 Å². The minimum absolute atomic E-state index is 0.241. The number of rotatable bonds is 9. The Hall–Kier alpha value is -2.50. The number of thiocarbonyl (C=S) groups is 1. The van der Waals surface area contributed by atoms with E-state index in [-0.39, 0.29) is 5.11 Å². The van der Waals surface area contributed by atoms with Gasteiger partial charge in [-0.15, -0.1) is 0 Å². The highest BCUT2D eigenvalue weighted by atomic mass is 35.5. The van der Waals surface area contributed by atoms with Gasteiger partial charge in [0.1, 0.15) is 11.5 Å². The van der Waals surface area contributed by atoms with Gasteiger partial charge in [-0.25, -0.2) is 0 Å². The van der Waals surface area contributed by atoms with Crippen molar-refractivity contribution in [3.8, 4) is 11.5 Å². The van der Waals surface area contributed by atoms with Crippen LogP contribution < -0.4 is 20.5 Å². The lowest BCUT2D eigenvalue weighted by atomic mass is 10.1. The summed E-state index contributed by atoms with van der Waals surface area (Å²) in [5.41, 5.74) is 6.31. The molecule has 3 rings (SSSR count). The number of nitrogens with one attached hydrogen (secondary N) is 1. The lowest BCUT2D eigenvalue weighted by Gasteiger charge is -2.11. The van der Waals surface area contributed by atoms with E-state index in [0.717, 1.165) is 52.2 Å². The van der Waals surface area contributed by atoms with Crippen molar-refractivity contribution in [2.24, 2.45) is 5.73 Å². The molecule has 4 nitrogen and oxygen atoms in total. The van der Waals surface area contributed by atoms with E-state index in [0.29, 0.717) is 13.2 Å². The molecule has 0 aliphatic rings. The molecule has 0 spiro atoms. The van der Waals surface area contributed by atoms with Crippen molar-refractivity contribution in [3.05, 3.63) is 65.7 Å². The van der Waals surface area contributed by atoms with E-state index in [4.69, 9.17) is 39.0 Å². The maximum absolute atomic E-state index is 6.25. The van der Waals surface area contributed by atoms with Gasteiger partial charge in [-0.3, -0.25) is 0 Å². The fraction of sp³-hybridized carbons (Fsp3) is 0.227. The molecular weight excluding hydrogens is 392 g/mol. The van der Waals surface area contributed by atoms with Crippen molar-refractivity contribution in [1.82, 2.24) is 0 Å². The summed E-state index contributed by atoms with van der Waals surface area (Å²) in [6.45, 7) is 1.32. The molecule has 0 aliphatic heterocycles. The van der Waals surface area contributed by atoms with Gasteiger partial charge in [0.15, 0.2) is 5.11 Å². The van der Waals surface area contributed by atoms with Gasteiger partial charge in [0, 0.05) is 27.5 Å². The molecule has 0 heterocycles. The highest BCUT2D eigenvalue weighted by Gasteiger charge is 2.05. The van der Waals surface area contributed by atoms with Gasteiger partial charge in [0.25, 0.3) is 0 Å². The van der Waals surface area contributed by atoms with Gasteiger partial charge in [0.05, 0.1) is 13.2 Å². The molecule has 0 amide bonds. The Balaban J connectivity index is 1.38. The summed E-state index contributed by atoms with van der Waals surface area (Å²) in [6.07, 6.45) is 2.94. The minimum Gasteiger partial charge on any atom is -0.494 e. The molecule has 0 radical (unpaired) electrons. The molecule has 0 aliphatic carbocycles. The number of hydrogen-bond donors (Lipinski definition) is 2. The summed E-state index contributed by atoms with van der Waals surface area (Å²) in [7, 11) is 0. The van der Waals surface area contributed by atoms with E-state index in [1.807, 2.05) is 60.7 Å². The number of anilines is 1. The first-order valence-corrected chi connectivity index (χ1v) is 10.0. The Morgan fingerprint density at radius 2 is 1.64 bits per heavy atom. The molecule has 0 atom stereocenters. The second kappa shape index (κ2) is 10.2. The van der Waals surface area contributed by atoms with Gasteiger partial charge < -0.3 is 20.5 Å². The van der Waals surface area contributed by atoms with Gasteiger partial charge in [-0.05, 0) is 55.7 Å². The van der Waals surface area contributed by atoms with Gasteiger partial charge in [-0.1, -0.05) is 41.9 Å². The maximum Gasteiger partial charge on any atom is 0.168 e. The molecule has 0 unspecified atom stereocenters. The van der Waals surface area contributed by atoms with E-state index < -0.39 is 0 Å². The SMILES string of the molecule is NC(=S)Nc1cccc(OCCCCCOc2ccc(Cl)c3ccccc23)c1. The first-order chi connectivity index (χ1) is 13.6. The summed E-state index contributed by atoms with van der Waals surface area (Å²) < 4.78 is 11.7. The van der Waals surface area contributed by atoms with Crippen LogP contribution in [0.1, 0.15) is 19.3 Å². The van der Waals surface area contributed by atoms with E-state index in [1.54, 1.807) is 0 Å². The van der Waals surface area contributed by atoms with Crippen LogP contribution in [0, 0.1) is 0 Å². The molecule has 146 valence electrons. The molecule has 0 aromatic heterocycles. The van der Waals surface area contributed by atoms with Crippen molar-refractivity contribution in [1.29, 1.82) is 0 Å². The minimum atomic E-state index is 0.241. The number of benzene rings is 3. The Labute approximate surface area is 175 Å². The smallest absolute Gasteiger partial charge is 0.168 e. The van der Waals surface area contributed by atoms with Gasteiger partial charge >= 0.3 is 0 Å². The highest BCUT2D eigenvalue weighted by molar-refractivity contribution is 7.80. The first-order valence-electron chi connectivity index (χ1n) is 9.23. The zero-order valence-corrected chi connectivity index (χ0v) is 17.1. The van der Waals surface area contributed by atoms with Crippen molar-refractivity contribution in [2.45, 2.75) is 19.3 Å². The lowest BCUT2D eigenvalue weighted by Crippen LogP contribution is -2.18. The van der Waals surface area contributed by atoms with E-state index in [1.165, 1.54) is 0 Å². The van der Waals surface area contributed by atoms with Gasteiger partial charge in [-0.2, -0.15) is 0 Å². The average molecular weight is 415 g/mol. The van der Waals surface area contributed by atoms with E-state index in [2.05, 4.69) is 5.32 Å². The summed E-state index contributed by atoms with van der Waals surface area (Å²) in [4.78, 5) is 0. The average Bonchev–Trinajstić information content (AvgIpc) is 2.69. The maximum atomic E-state index is 6.25. The molecule has 3 aromatic rings. The molecule has 0 saturated heterocycles. The van der Waals surface area contributed by atoms with Crippen LogP contribution in [0.4, 0.5) is 5.69 Å². The number of ether oxygens (including phenoxy) is 2. The molecule has 3 N–H and O–H groups in total. The Kier molecular flexibility index (Phi) is 7.34. The molecule has 0 saturated carbocycles. The predicted octanol–water partition coefficient (Wildman–Crippen LogP) is 5.78. The number of hydrogen-bond acceptors (Lipinski definition) is 3. The molecular formula is C22H23ClN2O2S. The first kappa shape index (κ1) is 20.2. The Morgan fingerprint density at radius 1 is 0.893 bits per heavy atom. The fourth-order valence-electron chi connectivity index (χ4n) is 2.92. The molecule has 28 heavy (non-hydrogen) atoms. The van der Waals surface area contributed by atoms with Crippen LogP contribution in [0.5, 0.6) is 11.5 Å².